The van der Waals surface area contributed by atoms with Crippen LogP contribution in [0.1, 0.15) is 58.3 Å². The van der Waals surface area contributed by atoms with E-state index < -0.39 is 5.97 Å². The predicted octanol–water partition coefficient (Wildman–Crippen LogP) is 2.51. The van der Waals surface area contributed by atoms with E-state index in [1.165, 1.54) is 32.1 Å². The summed E-state index contributed by atoms with van der Waals surface area (Å²) < 4.78 is 0. The fraction of sp³-hybridized carbons (Fsp3) is 0.857. The minimum Gasteiger partial charge on any atom is -0.481 e. The molecule has 0 saturated heterocycles. The second-order valence-electron chi connectivity index (χ2n) is 5.31. The summed E-state index contributed by atoms with van der Waals surface area (Å²) in [5.74, 6) is -0.223. The van der Waals surface area contributed by atoms with E-state index in [1.54, 1.807) is 0 Å². The van der Waals surface area contributed by atoms with E-state index in [9.17, 15) is 9.59 Å². The molecule has 19 heavy (non-hydrogen) atoms. The largest absolute Gasteiger partial charge is 0.481 e. The van der Waals surface area contributed by atoms with Crippen molar-refractivity contribution >= 4 is 12.0 Å². The van der Waals surface area contributed by atoms with Crippen molar-refractivity contribution in [3.63, 3.8) is 0 Å². The molecule has 0 heterocycles. The molecule has 1 aliphatic rings. The van der Waals surface area contributed by atoms with Crippen molar-refractivity contribution in [1.82, 2.24) is 10.6 Å². The molecule has 0 aromatic carbocycles. The molecule has 110 valence electrons. The normalized spacial score (nSPS) is 17.7. The van der Waals surface area contributed by atoms with Gasteiger partial charge in [0.05, 0.1) is 0 Å². The maximum Gasteiger partial charge on any atom is 0.315 e. The van der Waals surface area contributed by atoms with Crippen LogP contribution in [0.4, 0.5) is 4.79 Å². The summed E-state index contributed by atoms with van der Waals surface area (Å²) in [4.78, 5) is 22.1. The number of rotatable bonds is 7. The molecule has 1 unspecified atom stereocenters. The van der Waals surface area contributed by atoms with Crippen LogP contribution in [-0.4, -0.2) is 29.7 Å². The van der Waals surface area contributed by atoms with Crippen LogP contribution in [0.5, 0.6) is 0 Å². The fourth-order valence-electron chi connectivity index (χ4n) is 2.75. The van der Waals surface area contributed by atoms with Gasteiger partial charge in [-0.05, 0) is 31.6 Å². The van der Waals surface area contributed by atoms with Gasteiger partial charge in [-0.25, -0.2) is 4.79 Å². The summed E-state index contributed by atoms with van der Waals surface area (Å²) in [5.41, 5.74) is 0. The second-order valence-corrected chi connectivity index (χ2v) is 5.31. The number of aliphatic carboxylic acids is 1. The maximum absolute atomic E-state index is 11.7. The molecule has 5 heteroatoms. The molecular formula is C14H26N2O3. The van der Waals surface area contributed by atoms with Crippen LogP contribution in [0.2, 0.25) is 0 Å². The van der Waals surface area contributed by atoms with Gasteiger partial charge in [0.25, 0.3) is 0 Å². The highest BCUT2D eigenvalue weighted by atomic mass is 16.4. The first-order chi connectivity index (χ1) is 9.13. The van der Waals surface area contributed by atoms with Gasteiger partial charge in [0.1, 0.15) is 0 Å². The lowest BCUT2D eigenvalue weighted by molar-refractivity contribution is -0.137. The number of carbonyl (C=O) groups is 2. The molecule has 1 saturated carbocycles. The first kappa shape index (κ1) is 15.8. The number of hydrogen-bond donors (Lipinski definition) is 3. The lowest BCUT2D eigenvalue weighted by atomic mass is 9.83. The van der Waals surface area contributed by atoms with Crippen molar-refractivity contribution in [3.05, 3.63) is 0 Å². The number of nitrogens with one attached hydrogen (secondary N) is 2. The molecule has 0 aromatic heterocycles. The molecule has 0 aromatic rings. The van der Waals surface area contributed by atoms with Gasteiger partial charge in [0.15, 0.2) is 0 Å². The Kier molecular flexibility index (Phi) is 7.30. The van der Waals surface area contributed by atoms with E-state index in [1.807, 2.05) is 0 Å². The van der Waals surface area contributed by atoms with Crippen molar-refractivity contribution in [2.24, 2.45) is 5.92 Å². The zero-order valence-corrected chi connectivity index (χ0v) is 11.8. The standard InChI is InChI=1S/C14H26N2O3/c1-2-12(11-7-4-3-5-8-11)16-14(19)15-10-6-9-13(17)18/h11-12H,2-10H2,1H3,(H,17,18)(H2,15,16,19). The van der Waals surface area contributed by atoms with Crippen LogP contribution in [-0.2, 0) is 4.79 Å². The van der Waals surface area contributed by atoms with E-state index in [4.69, 9.17) is 5.11 Å². The number of amides is 2. The van der Waals surface area contributed by atoms with Gasteiger partial charge in [-0.3, -0.25) is 4.79 Å². The number of urea groups is 1. The van der Waals surface area contributed by atoms with E-state index in [-0.39, 0.29) is 18.5 Å². The molecule has 3 N–H and O–H groups in total. The molecule has 1 aliphatic carbocycles. The highest BCUT2D eigenvalue weighted by Crippen LogP contribution is 2.27. The van der Waals surface area contributed by atoms with Gasteiger partial charge in [0, 0.05) is 19.0 Å². The van der Waals surface area contributed by atoms with E-state index in [0.29, 0.717) is 18.9 Å². The van der Waals surface area contributed by atoms with Crippen LogP contribution >= 0.6 is 0 Å². The van der Waals surface area contributed by atoms with Gasteiger partial charge in [0.2, 0.25) is 0 Å². The van der Waals surface area contributed by atoms with Crippen molar-refractivity contribution in [2.45, 2.75) is 64.3 Å². The van der Waals surface area contributed by atoms with Crippen LogP contribution in [0, 0.1) is 5.92 Å². The Bertz CT molecular complexity index is 288. The lowest BCUT2D eigenvalue weighted by Crippen LogP contribution is -2.46. The Morgan fingerprint density at radius 3 is 2.53 bits per heavy atom. The summed E-state index contributed by atoms with van der Waals surface area (Å²) in [5, 5.41) is 14.3. The Labute approximate surface area is 115 Å². The topological polar surface area (TPSA) is 78.4 Å². The Morgan fingerprint density at radius 2 is 1.95 bits per heavy atom. The van der Waals surface area contributed by atoms with Crippen molar-refractivity contribution < 1.29 is 14.7 Å². The summed E-state index contributed by atoms with van der Waals surface area (Å²) in [6.45, 7) is 2.52. The third-order valence-corrected chi connectivity index (χ3v) is 3.83. The lowest BCUT2D eigenvalue weighted by Gasteiger charge is -2.30. The zero-order chi connectivity index (χ0) is 14.1. The molecule has 1 rings (SSSR count). The first-order valence-corrected chi connectivity index (χ1v) is 7.39. The Hall–Kier alpha value is -1.26. The highest BCUT2D eigenvalue weighted by Gasteiger charge is 2.23. The average Bonchev–Trinajstić information content (AvgIpc) is 2.41. The van der Waals surface area contributed by atoms with Crippen LogP contribution in [0.3, 0.4) is 0 Å². The summed E-state index contributed by atoms with van der Waals surface area (Å²) in [7, 11) is 0. The number of hydrogen-bond acceptors (Lipinski definition) is 2. The van der Waals surface area contributed by atoms with E-state index >= 15 is 0 Å². The minimum atomic E-state index is -0.823. The zero-order valence-electron chi connectivity index (χ0n) is 11.8. The summed E-state index contributed by atoms with van der Waals surface area (Å²) in [6.07, 6.45) is 7.78. The van der Waals surface area contributed by atoms with Gasteiger partial charge in [-0.2, -0.15) is 0 Å². The number of carboxylic acid groups (broad SMARTS) is 1. The molecule has 0 aliphatic heterocycles. The van der Waals surface area contributed by atoms with Crippen LogP contribution in [0.15, 0.2) is 0 Å². The molecule has 0 radical (unpaired) electrons. The molecule has 1 fully saturated rings. The first-order valence-electron chi connectivity index (χ1n) is 7.39. The molecule has 5 nitrogen and oxygen atoms in total. The number of carboxylic acids is 1. The average molecular weight is 270 g/mol. The molecular weight excluding hydrogens is 244 g/mol. The second kappa shape index (κ2) is 8.77. The summed E-state index contributed by atoms with van der Waals surface area (Å²) in [6, 6.07) is 0.0857. The third-order valence-electron chi connectivity index (χ3n) is 3.83. The van der Waals surface area contributed by atoms with Crippen molar-refractivity contribution in [1.29, 1.82) is 0 Å². The molecule has 2 amide bonds. The Balaban J connectivity index is 2.22. The highest BCUT2D eigenvalue weighted by molar-refractivity contribution is 5.74. The quantitative estimate of drug-likeness (QED) is 0.622. The Morgan fingerprint density at radius 1 is 1.26 bits per heavy atom. The monoisotopic (exact) mass is 270 g/mol. The van der Waals surface area contributed by atoms with Crippen LogP contribution in [0.25, 0.3) is 0 Å². The van der Waals surface area contributed by atoms with E-state index in [2.05, 4.69) is 17.6 Å². The smallest absolute Gasteiger partial charge is 0.315 e. The molecule has 0 bridgehead atoms. The van der Waals surface area contributed by atoms with Gasteiger partial charge < -0.3 is 15.7 Å². The van der Waals surface area contributed by atoms with Gasteiger partial charge in [-0.1, -0.05) is 26.2 Å². The van der Waals surface area contributed by atoms with Crippen molar-refractivity contribution in [2.75, 3.05) is 6.54 Å². The fourth-order valence-corrected chi connectivity index (χ4v) is 2.75. The van der Waals surface area contributed by atoms with Gasteiger partial charge >= 0.3 is 12.0 Å². The predicted molar refractivity (Wildman–Crippen MR) is 74.1 cm³/mol. The van der Waals surface area contributed by atoms with Crippen LogP contribution < -0.4 is 10.6 Å². The maximum atomic E-state index is 11.7. The molecule has 0 spiro atoms. The van der Waals surface area contributed by atoms with Gasteiger partial charge in [-0.15, -0.1) is 0 Å². The molecule has 1 atom stereocenters. The van der Waals surface area contributed by atoms with Crippen molar-refractivity contribution in [3.8, 4) is 0 Å². The summed E-state index contributed by atoms with van der Waals surface area (Å²) >= 11 is 0. The van der Waals surface area contributed by atoms with E-state index in [0.717, 1.165) is 6.42 Å². The number of carbonyl (C=O) groups excluding carboxylic acids is 1. The minimum absolute atomic E-state index is 0.0973. The third kappa shape index (κ3) is 6.45. The SMILES string of the molecule is CCC(NC(=O)NCCCC(=O)O)C1CCCCC1.